The van der Waals surface area contributed by atoms with E-state index < -0.39 is 4.92 Å². The van der Waals surface area contributed by atoms with Crippen LogP contribution in [0.2, 0.25) is 0 Å². The highest BCUT2D eigenvalue weighted by atomic mass is 19.1. The second-order valence-corrected chi connectivity index (χ2v) is 6.36. The number of carbonyl (C=O) groups is 1. The van der Waals surface area contributed by atoms with Crippen molar-refractivity contribution in [3.05, 3.63) is 57.1 Å². The molecule has 0 bridgehead atoms. The van der Waals surface area contributed by atoms with E-state index in [1.807, 2.05) is 6.07 Å². The summed E-state index contributed by atoms with van der Waals surface area (Å²) in [5.74, 6) is -0.652. The number of amides is 1. The predicted molar refractivity (Wildman–Crippen MR) is 92.2 cm³/mol. The zero-order chi connectivity index (χ0) is 18.8. The van der Waals surface area contributed by atoms with Gasteiger partial charge in [0.1, 0.15) is 11.5 Å². The normalized spacial score (nSPS) is 15.3. The van der Waals surface area contributed by atoms with Crippen LogP contribution in [0.15, 0.2) is 24.3 Å². The summed E-state index contributed by atoms with van der Waals surface area (Å²) in [5, 5.41) is 15.3. The van der Waals surface area contributed by atoms with E-state index in [0.29, 0.717) is 32.7 Å². The zero-order valence-corrected chi connectivity index (χ0v) is 14.7. The number of nitrogens with zero attached hydrogens (tertiary/aromatic N) is 5. The molecule has 0 N–H and O–H groups in total. The van der Waals surface area contributed by atoms with Crippen LogP contribution >= 0.6 is 0 Å². The van der Waals surface area contributed by atoms with Crippen molar-refractivity contribution in [1.29, 1.82) is 0 Å². The van der Waals surface area contributed by atoms with Gasteiger partial charge in [0, 0.05) is 39.8 Å². The topological polar surface area (TPSA) is 84.5 Å². The van der Waals surface area contributed by atoms with Crippen LogP contribution < -0.4 is 0 Å². The Morgan fingerprint density at radius 3 is 2.62 bits per heavy atom. The molecular weight excluding hydrogens is 341 g/mol. The summed E-state index contributed by atoms with van der Waals surface area (Å²) in [4.78, 5) is 27.2. The Labute approximate surface area is 150 Å². The van der Waals surface area contributed by atoms with Crippen LogP contribution in [0.5, 0.6) is 0 Å². The monoisotopic (exact) mass is 361 g/mol. The highest BCUT2D eigenvalue weighted by Crippen LogP contribution is 2.24. The van der Waals surface area contributed by atoms with Crippen molar-refractivity contribution in [3.63, 3.8) is 0 Å². The van der Waals surface area contributed by atoms with E-state index in [2.05, 4.69) is 10.00 Å². The molecule has 1 fully saturated rings. The molecule has 1 amide bonds. The van der Waals surface area contributed by atoms with E-state index in [1.165, 1.54) is 30.8 Å². The minimum absolute atomic E-state index is 0.00563. The molecule has 9 heteroatoms. The Bertz CT molecular complexity index is 843. The van der Waals surface area contributed by atoms with Gasteiger partial charge in [0.05, 0.1) is 4.92 Å². The Balaban J connectivity index is 1.67. The molecule has 2 aromatic rings. The van der Waals surface area contributed by atoms with Crippen LogP contribution in [0.4, 0.5) is 10.1 Å². The SMILES string of the molecule is Cc1nn(C)c(C(=O)N2CCN(Cc3cccc(F)c3)CC2)c1[N+](=O)[O-]. The second-order valence-electron chi connectivity index (χ2n) is 6.36. The number of aromatic nitrogens is 2. The number of rotatable bonds is 4. The Hall–Kier alpha value is -2.81. The lowest BCUT2D eigenvalue weighted by molar-refractivity contribution is -0.385. The molecule has 0 atom stereocenters. The molecule has 0 unspecified atom stereocenters. The van der Waals surface area contributed by atoms with Crippen molar-refractivity contribution >= 4 is 11.6 Å². The molecule has 0 spiro atoms. The van der Waals surface area contributed by atoms with Gasteiger partial charge in [-0.1, -0.05) is 12.1 Å². The fraction of sp³-hybridized carbons (Fsp3) is 0.412. The zero-order valence-electron chi connectivity index (χ0n) is 14.7. The maximum atomic E-state index is 13.3. The lowest BCUT2D eigenvalue weighted by atomic mass is 10.2. The molecule has 26 heavy (non-hydrogen) atoms. The van der Waals surface area contributed by atoms with E-state index in [4.69, 9.17) is 0 Å². The highest BCUT2D eigenvalue weighted by molar-refractivity contribution is 5.97. The van der Waals surface area contributed by atoms with Crippen molar-refractivity contribution in [2.75, 3.05) is 26.2 Å². The molecule has 0 saturated carbocycles. The van der Waals surface area contributed by atoms with Gasteiger partial charge in [-0.15, -0.1) is 0 Å². The van der Waals surface area contributed by atoms with Gasteiger partial charge >= 0.3 is 5.69 Å². The van der Waals surface area contributed by atoms with E-state index in [1.54, 1.807) is 11.0 Å². The average molecular weight is 361 g/mol. The molecule has 3 rings (SSSR count). The maximum absolute atomic E-state index is 13.3. The first-order chi connectivity index (χ1) is 12.4. The lowest BCUT2D eigenvalue weighted by Crippen LogP contribution is -2.48. The van der Waals surface area contributed by atoms with Crippen LogP contribution in [-0.2, 0) is 13.6 Å². The molecule has 2 heterocycles. The first-order valence-electron chi connectivity index (χ1n) is 8.31. The summed E-state index contributed by atoms with van der Waals surface area (Å²) in [6, 6.07) is 6.44. The van der Waals surface area contributed by atoms with E-state index in [9.17, 15) is 19.3 Å². The van der Waals surface area contributed by atoms with Crippen molar-refractivity contribution in [2.24, 2.45) is 7.05 Å². The molecule has 1 aliphatic heterocycles. The molecule has 1 aromatic carbocycles. The summed E-state index contributed by atoms with van der Waals surface area (Å²) >= 11 is 0. The third-order valence-corrected chi connectivity index (χ3v) is 4.53. The van der Waals surface area contributed by atoms with Crippen molar-refractivity contribution in [1.82, 2.24) is 19.6 Å². The Kier molecular flexibility index (Phi) is 4.99. The fourth-order valence-corrected chi connectivity index (χ4v) is 3.26. The molecular formula is C17H20FN5O3. The number of halogens is 1. The van der Waals surface area contributed by atoms with Gasteiger partial charge < -0.3 is 4.90 Å². The minimum atomic E-state index is -0.560. The third-order valence-electron chi connectivity index (χ3n) is 4.53. The summed E-state index contributed by atoms with van der Waals surface area (Å²) in [6.45, 7) is 4.27. The number of hydrogen-bond donors (Lipinski definition) is 0. The van der Waals surface area contributed by atoms with Crippen LogP contribution in [0.1, 0.15) is 21.7 Å². The Morgan fingerprint density at radius 2 is 2.00 bits per heavy atom. The quantitative estimate of drug-likeness (QED) is 0.612. The van der Waals surface area contributed by atoms with Crippen LogP contribution in [0.25, 0.3) is 0 Å². The van der Waals surface area contributed by atoms with Gasteiger partial charge in [-0.2, -0.15) is 5.10 Å². The molecule has 1 aromatic heterocycles. The van der Waals surface area contributed by atoms with E-state index in [-0.39, 0.29) is 28.8 Å². The second kappa shape index (κ2) is 7.20. The first kappa shape index (κ1) is 18.0. The van der Waals surface area contributed by atoms with Gasteiger partial charge in [0.25, 0.3) is 5.91 Å². The van der Waals surface area contributed by atoms with Gasteiger partial charge in [0.15, 0.2) is 0 Å². The number of carbonyl (C=O) groups excluding carboxylic acids is 1. The number of aryl methyl sites for hydroxylation is 2. The van der Waals surface area contributed by atoms with Crippen molar-refractivity contribution in [2.45, 2.75) is 13.5 Å². The largest absolute Gasteiger partial charge is 0.335 e. The smallest absolute Gasteiger partial charge is 0.322 e. The molecule has 0 radical (unpaired) electrons. The molecule has 1 aliphatic rings. The number of hydrogen-bond acceptors (Lipinski definition) is 5. The van der Waals surface area contributed by atoms with Crippen LogP contribution in [-0.4, -0.2) is 56.6 Å². The van der Waals surface area contributed by atoms with Gasteiger partial charge in [-0.3, -0.25) is 24.5 Å². The standard InChI is InChI=1S/C17H20FN5O3/c1-12-15(23(25)26)16(20(2)19-12)17(24)22-8-6-21(7-9-22)11-13-4-3-5-14(18)10-13/h3-5,10H,6-9,11H2,1-2H3. The van der Waals surface area contributed by atoms with Crippen molar-refractivity contribution < 1.29 is 14.1 Å². The summed E-state index contributed by atoms with van der Waals surface area (Å²) in [6.07, 6.45) is 0. The molecule has 1 saturated heterocycles. The lowest BCUT2D eigenvalue weighted by Gasteiger charge is -2.34. The van der Waals surface area contributed by atoms with Crippen LogP contribution in [0.3, 0.4) is 0 Å². The summed E-state index contributed by atoms with van der Waals surface area (Å²) < 4.78 is 14.6. The maximum Gasteiger partial charge on any atom is 0.322 e. The molecule has 8 nitrogen and oxygen atoms in total. The molecule has 138 valence electrons. The van der Waals surface area contributed by atoms with Gasteiger partial charge in [0.2, 0.25) is 5.69 Å². The van der Waals surface area contributed by atoms with Crippen LogP contribution in [0, 0.1) is 22.9 Å². The van der Waals surface area contributed by atoms with Crippen molar-refractivity contribution in [3.8, 4) is 0 Å². The van der Waals surface area contributed by atoms with Gasteiger partial charge in [-0.05, 0) is 24.6 Å². The summed E-state index contributed by atoms with van der Waals surface area (Å²) in [7, 11) is 1.54. The average Bonchev–Trinajstić information content (AvgIpc) is 2.89. The number of nitro groups is 1. The predicted octanol–water partition coefficient (Wildman–Crippen LogP) is 1.73. The number of piperazine rings is 1. The fourth-order valence-electron chi connectivity index (χ4n) is 3.26. The minimum Gasteiger partial charge on any atom is -0.335 e. The first-order valence-corrected chi connectivity index (χ1v) is 8.31. The summed E-state index contributed by atoms with van der Waals surface area (Å²) in [5.41, 5.74) is 0.874. The Morgan fingerprint density at radius 1 is 1.31 bits per heavy atom. The van der Waals surface area contributed by atoms with E-state index >= 15 is 0 Å². The van der Waals surface area contributed by atoms with Gasteiger partial charge in [-0.25, -0.2) is 4.39 Å². The third kappa shape index (κ3) is 3.57. The van der Waals surface area contributed by atoms with E-state index in [0.717, 1.165) is 5.56 Å². The highest BCUT2D eigenvalue weighted by Gasteiger charge is 2.33. The molecule has 0 aliphatic carbocycles. The number of benzene rings is 1.